The lowest BCUT2D eigenvalue weighted by atomic mass is 10.0. The van der Waals surface area contributed by atoms with E-state index in [4.69, 9.17) is 9.47 Å². The average molecular weight is 288 g/mol. The largest absolute Gasteiger partial charge is 0.486 e. The molecule has 2 N–H and O–H groups in total. The van der Waals surface area contributed by atoms with Gasteiger partial charge in [-0.25, -0.2) is 0 Å². The van der Waals surface area contributed by atoms with Gasteiger partial charge in [-0.3, -0.25) is 5.43 Å². The Labute approximate surface area is 112 Å². The molecule has 0 aromatic heterocycles. The van der Waals surface area contributed by atoms with Crippen LogP contribution < -0.4 is 14.9 Å². The summed E-state index contributed by atoms with van der Waals surface area (Å²) in [5.74, 6) is 0.997. The van der Waals surface area contributed by atoms with Gasteiger partial charge in [-0.2, -0.15) is 18.3 Å². The highest BCUT2D eigenvalue weighted by atomic mass is 19.4. The molecule has 3 rings (SSSR count). The van der Waals surface area contributed by atoms with Gasteiger partial charge in [0.15, 0.2) is 11.5 Å². The fraction of sp³-hybridized carbons (Fsp3) is 0.417. The van der Waals surface area contributed by atoms with Gasteiger partial charge < -0.3 is 14.6 Å². The number of hydrogen-bond donors (Lipinski definition) is 2. The Balaban J connectivity index is 1.85. The predicted octanol–water partition coefficient (Wildman–Crippen LogP) is 1.41. The molecule has 0 radical (unpaired) electrons. The zero-order valence-electron chi connectivity index (χ0n) is 10.2. The summed E-state index contributed by atoms with van der Waals surface area (Å²) >= 11 is 0. The highest BCUT2D eigenvalue weighted by Gasteiger charge is 2.57. The molecule has 108 valence electrons. The summed E-state index contributed by atoms with van der Waals surface area (Å²) in [5, 5.41) is 13.1. The number of nitrogens with zero attached hydrogens (tertiary/aromatic N) is 1. The van der Waals surface area contributed by atoms with Crippen LogP contribution in [0, 0.1) is 0 Å². The van der Waals surface area contributed by atoms with Crippen LogP contribution in [0.2, 0.25) is 0 Å². The third-order valence-corrected chi connectivity index (χ3v) is 3.14. The van der Waals surface area contributed by atoms with Crippen molar-refractivity contribution in [2.45, 2.75) is 18.3 Å². The minimum absolute atomic E-state index is 0.113. The van der Waals surface area contributed by atoms with Crippen LogP contribution in [0.4, 0.5) is 13.2 Å². The minimum atomic E-state index is -4.80. The molecule has 0 saturated carbocycles. The quantitative estimate of drug-likeness (QED) is 0.820. The normalized spacial score (nSPS) is 25.1. The first-order chi connectivity index (χ1) is 9.39. The van der Waals surface area contributed by atoms with Crippen molar-refractivity contribution in [2.24, 2.45) is 5.10 Å². The van der Waals surface area contributed by atoms with E-state index in [1.807, 2.05) is 0 Å². The molecule has 20 heavy (non-hydrogen) atoms. The van der Waals surface area contributed by atoms with Gasteiger partial charge in [0.1, 0.15) is 13.2 Å². The fourth-order valence-electron chi connectivity index (χ4n) is 2.03. The standard InChI is InChI=1S/C12H11F3N2O3/c13-12(14,15)11(18)6-8(16-17-11)7-1-2-9-10(5-7)20-4-3-19-9/h1-2,5,17-18H,3-4,6H2/t11-/m0/s1. The van der Waals surface area contributed by atoms with Crippen molar-refractivity contribution in [2.75, 3.05) is 13.2 Å². The second-order valence-electron chi connectivity index (χ2n) is 4.56. The molecule has 2 heterocycles. The van der Waals surface area contributed by atoms with Crippen LogP contribution >= 0.6 is 0 Å². The zero-order valence-corrected chi connectivity index (χ0v) is 10.2. The summed E-state index contributed by atoms with van der Waals surface area (Å²) in [6, 6.07) is 4.74. The lowest BCUT2D eigenvalue weighted by Crippen LogP contribution is -2.52. The summed E-state index contributed by atoms with van der Waals surface area (Å²) in [6.07, 6.45) is -5.46. The molecule has 5 nitrogen and oxygen atoms in total. The van der Waals surface area contributed by atoms with Gasteiger partial charge in [0, 0.05) is 5.56 Å². The van der Waals surface area contributed by atoms with Gasteiger partial charge in [0.05, 0.1) is 12.1 Å². The maximum atomic E-state index is 12.7. The molecule has 2 aliphatic rings. The Bertz CT molecular complexity index is 574. The van der Waals surface area contributed by atoms with Gasteiger partial charge >= 0.3 is 6.18 Å². The number of nitrogens with one attached hydrogen (secondary N) is 1. The van der Waals surface area contributed by atoms with E-state index in [-0.39, 0.29) is 5.71 Å². The highest BCUT2D eigenvalue weighted by Crippen LogP contribution is 2.37. The number of hydrogen-bond acceptors (Lipinski definition) is 5. The van der Waals surface area contributed by atoms with E-state index >= 15 is 0 Å². The van der Waals surface area contributed by atoms with Crippen LogP contribution in [0.5, 0.6) is 11.5 Å². The summed E-state index contributed by atoms with van der Waals surface area (Å²) in [6.45, 7) is 0.816. The smallest absolute Gasteiger partial charge is 0.438 e. The first-order valence-corrected chi connectivity index (χ1v) is 5.92. The first-order valence-electron chi connectivity index (χ1n) is 5.92. The van der Waals surface area contributed by atoms with Crippen molar-refractivity contribution in [1.29, 1.82) is 0 Å². The monoisotopic (exact) mass is 288 g/mol. The van der Waals surface area contributed by atoms with E-state index < -0.39 is 18.3 Å². The third kappa shape index (κ3) is 2.05. The minimum Gasteiger partial charge on any atom is -0.486 e. The first kappa shape index (κ1) is 13.0. The van der Waals surface area contributed by atoms with Gasteiger partial charge in [0.25, 0.3) is 5.72 Å². The molecule has 1 aromatic carbocycles. The number of halogens is 3. The SMILES string of the molecule is O[C@]1(C(F)(F)F)CC(c2ccc3c(c2)OCCO3)=NN1. The van der Waals surface area contributed by atoms with Crippen LogP contribution in [-0.4, -0.2) is 35.9 Å². The average Bonchev–Trinajstić information content (AvgIpc) is 2.82. The van der Waals surface area contributed by atoms with Crippen molar-refractivity contribution in [3.05, 3.63) is 23.8 Å². The van der Waals surface area contributed by atoms with Gasteiger partial charge in [-0.15, -0.1) is 0 Å². The molecule has 8 heteroatoms. The topological polar surface area (TPSA) is 63.1 Å². The summed E-state index contributed by atoms with van der Waals surface area (Å²) in [4.78, 5) is 0. The van der Waals surface area contributed by atoms with E-state index in [1.54, 1.807) is 23.6 Å². The van der Waals surface area contributed by atoms with Crippen molar-refractivity contribution < 1.29 is 27.8 Å². The highest BCUT2D eigenvalue weighted by molar-refractivity contribution is 6.02. The number of aliphatic hydroxyl groups is 1. The summed E-state index contributed by atoms with van der Waals surface area (Å²) in [7, 11) is 0. The number of ether oxygens (including phenoxy) is 2. The molecule has 0 unspecified atom stereocenters. The Kier molecular flexibility index (Phi) is 2.79. The lowest BCUT2D eigenvalue weighted by molar-refractivity contribution is -0.266. The van der Waals surface area contributed by atoms with Crippen LogP contribution in [0.3, 0.4) is 0 Å². The number of alkyl halides is 3. The van der Waals surface area contributed by atoms with Gasteiger partial charge in [0.2, 0.25) is 0 Å². The molecule has 0 saturated heterocycles. The van der Waals surface area contributed by atoms with Crippen LogP contribution in [0.15, 0.2) is 23.3 Å². The fourth-order valence-corrected chi connectivity index (χ4v) is 2.03. The number of rotatable bonds is 1. The number of fused-ring (bicyclic) bond motifs is 1. The zero-order chi connectivity index (χ0) is 14.4. The molecule has 2 aliphatic heterocycles. The van der Waals surface area contributed by atoms with E-state index in [1.165, 1.54) is 0 Å². The van der Waals surface area contributed by atoms with E-state index in [0.29, 0.717) is 30.3 Å². The Morgan fingerprint density at radius 2 is 1.90 bits per heavy atom. The van der Waals surface area contributed by atoms with Gasteiger partial charge in [-0.05, 0) is 18.2 Å². The second-order valence-corrected chi connectivity index (χ2v) is 4.56. The molecular weight excluding hydrogens is 277 g/mol. The molecule has 0 bridgehead atoms. The van der Waals surface area contributed by atoms with Crippen LogP contribution in [-0.2, 0) is 0 Å². The molecule has 0 fully saturated rings. The lowest BCUT2D eigenvalue weighted by Gasteiger charge is -2.24. The predicted molar refractivity (Wildman–Crippen MR) is 62.7 cm³/mol. The molecule has 1 aromatic rings. The van der Waals surface area contributed by atoms with Crippen LogP contribution in [0.25, 0.3) is 0 Å². The molecular formula is C12H11F3N2O3. The number of hydrazone groups is 1. The van der Waals surface area contributed by atoms with Crippen molar-refractivity contribution in [1.82, 2.24) is 5.43 Å². The summed E-state index contributed by atoms with van der Waals surface area (Å²) in [5.41, 5.74) is -0.711. The van der Waals surface area contributed by atoms with Crippen molar-refractivity contribution in [3.8, 4) is 11.5 Å². The van der Waals surface area contributed by atoms with E-state index in [2.05, 4.69) is 5.10 Å². The number of benzene rings is 1. The van der Waals surface area contributed by atoms with Gasteiger partial charge in [-0.1, -0.05) is 0 Å². The summed E-state index contributed by atoms with van der Waals surface area (Å²) < 4.78 is 48.7. The molecule has 1 atom stereocenters. The maximum Gasteiger partial charge on any atom is 0.438 e. The Hall–Kier alpha value is -1.96. The molecule has 0 aliphatic carbocycles. The van der Waals surface area contributed by atoms with E-state index in [9.17, 15) is 18.3 Å². The Morgan fingerprint density at radius 3 is 2.55 bits per heavy atom. The van der Waals surface area contributed by atoms with Crippen molar-refractivity contribution in [3.63, 3.8) is 0 Å². The van der Waals surface area contributed by atoms with E-state index in [0.717, 1.165) is 0 Å². The molecule has 0 amide bonds. The second kappa shape index (κ2) is 4.27. The van der Waals surface area contributed by atoms with Crippen molar-refractivity contribution >= 4 is 5.71 Å². The molecule has 0 spiro atoms. The third-order valence-electron chi connectivity index (χ3n) is 3.14. The van der Waals surface area contributed by atoms with Crippen LogP contribution in [0.1, 0.15) is 12.0 Å². The maximum absolute atomic E-state index is 12.7. The Morgan fingerprint density at radius 1 is 1.20 bits per heavy atom.